The Labute approximate surface area is 626 Å². The Morgan fingerprint density at radius 3 is 1.76 bits per heavy atom. The second-order valence-corrected chi connectivity index (χ2v) is 26.7. The molecule has 1 fully saturated rings. The van der Waals surface area contributed by atoms with Crippen LogP contribution in [-0.4, -0.2) is 253 Å². The van der Waals surface area contributed by atoms with Crippen LogP contribution in [0.1, 0.15) is 117 Å². The van der Waals surface area contributed by atoms with E-state index in [1.807, 2.05) is 0 Å². The Morgan fingerprint density at radius 2 is 1.22 bits per heavy atom. The maximum absolute atomic E-state index is 14.6. The van der Waals surface area contributed by atoms with Gasteiger partial charge in [-0.3, -0.25) is 72.1 Å². The number of thioether (sulfide) groups is 2. The van der Waals surface area contributed by atoms with Crippen LogP contribution in [0, 0.1) is 11.8 Å². The van der Waals surface area contributed by atoms with Crippen LogP contribution in [0.4, 0.5) is 0 Å². The van der Waals surface area contributed by atoms with Crippen molar-refractivity contribution in [3.63, 3.8) is 0 Å². The van der Waals surface area contributed by atoms with Gasteiger partial charge in [0.25, 0.3) is 0 Å². The fraction of sp³-hybridized carbons (Fsp3) is 0.694. The number of likely N-dealkylation sites (tertiary alicyclic amines) is 1. The summed E-state index contributed by atoms with van der Waals surface area (Å²) < 4.78 is 0. The summed E-state index contributed by atoms with van der Waals surface area (Å²) in [6, 6.07) is -14.0. The molecule has 39 nitrogen and oxygen atoms in total. The number of likely N-dealkylation sites (N-methyl/N-ethyl adjacent to an activating group) is 1. The molecule has 1 saturated heterocycles. The molecule has 1 aromatic rings. The predicted molar refractivity (Wildman–Crippen MR) is 373 cm³/mol. The van der Waals surface area contributed by atoms with Crippen molar-refractivity contribution in [3.8, 4) is 0 Å². The van der Waals surface area contributed by atoms with Crippen molar-refractivity contribution in [2.75, 3.05) is 83.6 Å². The third-order valence-corrected chi connectivity index (χ3v) is 17.7. The molecule has 2 heterocycles. The standard InChI is InChI=1S/C62H106N21O17S2.O.Re/c1-9-34(3)50(81-55(93)39(18-19-46(64)86)73-48(88)28-69-47(87)27-70-52(90)44(31-102-33-72-36(5)85)79-56(94)43(30-84)74-49(89)29-82(6)7)58(96)76-40(20-24-101-8)53(91)75-38(16-13-22-68-62(65)66)54(92)80-51(35(4)10-2)59(97)77-41(15-11-12-21-63)60(98)83-23-14-17-45(83)57(95)78-42(61(99)100)25-37-26-67-32-71-37;;/h26,32,34-35,38-45,50-51H,9-25,27-31,33,63H2,1-8H3,(H20,64,65,66,67,68,69,70,71,72,73,74,75,76,77,78,79,80,81,85,86,87,88,89,90,91,92,93,94,95,96,97,99,100);;/q-1;-2;/p-2/t34-,35-,38-,39-,40-,41-,42-,43-,44-,45-,50-,51-;;/m0../s1. The minimum absolute atomic E-state index is 0. The molecule has 1 aliphatic rings. The van der Waals surface area contributed by atoms with Crippen molar-refractivity contribution in [2.24, 2.45) is 39.8 Å². The molecule has 0 bridgehead atoms. The van der Waals surface area contributed by atoms with Gasteiger partial charge in [0, 0.05) is 52.6 Å². The number of carboxylic acids is 1. The van der Waals surface area contributed by atoms with Crippen LogP contribution in [-0.2, 0) is 104 Å². The number of rotatable bonds is 50. The van der Waals surface area contributed by atoms with Crippen molar-refractivity contribution in [1.82, 2.24) is 83.6 Å². The number of amides is 14. The van der Waals surface area contributed by atoms with E-state index in [4.69, 9.17) is 22.9 Å². The zero-order valence-electron chi connectivity index (χ0n) is 59.9. The molecule has 589 valence electrons. The fourth-order valence-electron chi connectivity index (χ4n) is 10.1. The second-order valence-electron chi connectivity index (χ2n) is 24.7. The molecular formula is C62H104N21O18ReS2-5. The van der Waals surface area contributed by atoms with Gasteiger partial charge in [-0.1, -0.05) is 58.8 Å². The van der Waals surface area contributed by atoms with Crippen molar-refractivity contribution in [1.29, 1.82) is 0 Å². The minimum atomic E-state index is -1.58. The van der Waals surface area contributed by atoms with Gasteiger partial charge < -0.3 is 127 Å². The summed E-state index contributed by atoms with van der Waals surface area (Å²) >= 11 is 2.32. The van der Waals surface area contributed by atoms with Gasteiger partial charge >= 0.3 is 0 Å². The average molecular weight is 1680 g/mol. The minimum Gasteiger partial charge on any atom is -2.00 e. The number of primary amides is 1. The molecule has 12 atom stereocenters. The molecule has 0 aliphatic carbocycles. The fourth-order valence-corrected chi connectivity index (χ4v) is 11.5. The number of imidazole rings is 1. The van der Waals surface area contributed by atoms with Crippen LogP contribution in [0.25, 0.3) is 0 Å². The van der Waals surface area contributed by atoms with Gasteiger partial charge in [-0.2, -0.15) is 11.8 Å². The number of unbranched alkanes of at least 4 members (excludes halogenated alkanes) is 1. The van der Waals surface area contributed by atoms with Crippen molar-refractivity contribution < 1.29 is 108 Å². The Morgan fingerprint density at radius 1 is 0.673 bits per heavy atom. The Kier molecular flexibility index (Phi) is 47.7. The van der Waals surface area contributed by atoms with E-state index in [-0.39, 0.29) is 132 Å². The van der Waals surface area contributed by atoms with E-state index in [0.29, 0.717) is 25.7 Å². The molecule has 0 unspecified atom stereocenters. The quantitative estimate of drug-likeness (QED) is 0.0125. The van der Waals surface area contributed by atoms with Gasteiger partial charge in [0.1, 0.15) is 48.3 Å². The Hall–Kier alpha value is -8.27. The van der Waals surface area contributed by atoms with Gasteiger partial charge in [-0.25, -0.2) is 0 Å². The molecule has 1 aromatic heterocycles. The number of carboxylic acid groups (broad SMARTS) is 1. The summed E-state index contributed by atoms with van der Waals surface area (Å²) in [5.41, 5.74) is 22.7. The van der Waals surface area contributed by atoms with Gasteiger partial charge in [-0.05, 0) is 109 Å². The summed E-state index contributed by atoms with van der Waals surface area (Å²) in [5.74, 6) is -14.5. The van der Waals surface area contributed by atoms with Gasteiger partial charge in [0.05, 0.1) is 43.6 Å². The maximum atomic E-state index is 14.6. The summed E-state index contributed by atoms with van der Waals surface area (Å²) in [5, 5.41) is 54.1. The van der Waals surface area contributed by atoms with Gasteiger partial charge in [0.15, 0.2) is 5.96 Å². The van der Waals surface area contributed by atoms with E-state index in [0.717, 1.165) is 11.8 Å². The summed E-state index contributed by atoms with van der Waals surface area (Å²) in [6.07, 6.45) is 5.19. The molecular weight excluding hydrogens is 1580 g/mol. The van der Waals surface area contributed by atoms with Crippen LogP contribution in [0.3, 0.4) is 0 Å². The normalized spacial score (nSPS) is 15.5. The van der Waals surface area contributed by atoms with E-state index in [1.165, 1.54) is 41.0 Å². The predicted octanol–water partition coefficient (Wildman–Crippen LogP) is -9.16. The molecule has 0 saturated carbocycles. The number of nitrogens with two attached hydrogens (primary N) is 4. The third kappa shape index (κ3) is 36.4. The number of aromatic nitrogens is 2. The number of carbonyl (C=O) groups excluding carboxylic acids is 15. The molecule has 0 aromatic carbocycles. The first kappa shape index (κ1) is 95.7. The number of aliphatic imine (C=N–C) groups is 1. The van der Waals surface area contributed by atoms with Crippen LogP contribution in [0.2, 0.25) is 0 Å². The van der Waals surface area contributed by atoms with Crippen molar-refractivity contribution >= 4 is 118 Å². The number of nitrogens with one attached hydrogen (secondary N) is 12. The first-order valence-electron chi connectivity index (χ1n) is 33.6. The van der Waals surface area contributed by atoms with Crippen LogP contribution in [0.5, 0.6) is 0 Å². The molecule has 1 radical (unpaired) electrons. The molecule has 1 aliphatic heterocycles. The molecule has 0 spiro atoms. The number of aliphatic carboxylic acids is 1. The number of hydrogen-bond donors (Lipinski definition) is 16. The third-order valence-electron chi connectivity index (χ3n) is 16.2. The number of carbonyl (C=O) groups is 15. The SMILES string of the molecule is CC[C@H](C)[C@H](NC(=O)[C@H](CCC(N)=O)NC(=O)CNC(=O)CNC(=O)[C@H](CSCNC(C)=O)NC(=O)[C@H](C[O-])NC(=O)CN(C)C)C(=O)N[C@@H](CCSC)C(=O)N[C@@H](CCCN=C(N)N)C(=O)N[C@H](C(=O)N[C@@H](CCCCN)C(=O)N1CCC[C@H]1C(=O)N[C@@H](Cc1c[n-]cn1)C(=O)[O-])[C@@H](C)CC.[O-2].[Re]. The first-order chi connectivity index (χ1) is 48.3. The van der Waals surface area contributed by atoms with E-state index >= 15 is 0 Å². The smallest absolute Gasteiger partial charge is 0.245 e. The molecule has 14 amide bonds. The zero-order chi connectivity index (χ0) is 76.6. The van der Waals surface area contributed by atoms with Crippen molar-refractivity contribution in [2.45, 2.75) is 179 Å². The van der Waals surface area contributed by atoms with E-state index in [9.17, 15) is 82.1 Å². The largest absolute Gasteiger partial charge is 2.00 e. The summed E-state index contributed by atoms with van der Waals surface area (Å²) in [6.45, 7) is 5.57. The maximum Gasteiger partial charge on any atom is 0.245 e. The zero-order valence-corrected chi connectivity index (χ0v) is 64.3. The van der Waals surface area contributed by atoms with Gasteiger partial charge in [0.2, 0.25) is 82.7 Å². The molecule has 2 rings (SSSR count). The van der Waals surface area contributed by atoms with E-state index < -0.39 is 188 Å². The van der Waals surface area contributed by atoms with E-state index in [1.54, 1.807) is 48.0 Å². The van der Waals surface area contributed by atoms with E-state index in [2.05, 4.69) is 78.8 Å². The topological polar surface area (TPSA) is 625 Å². The summed E-state index contributed by atoms with van der Waals surface area (Å²) in [4.78, 5) is 216. The molecule has 20 N–H and O–H groups in total. The molecule has 42 heteroatoms. The van der Waals surface area contributed by atoms with Gasteiger partial charge in [-0.15, -0.1) is 18.4 Å². The number of hydrogen-bond acceptors (Lipinski definition) is 23. The first-order valence-corrected chi connectivity index (χ1v) is 36.1. The second kappa shape index (κ2) is 51.8. The Bertz CT molecular complexity index is 2990. The monoisotopic (exact) mass is 1680 g/mol. The van der Waals surface area contributed by atoms with Crippen molar-refractivity contribution in [3.05, 3.63) is 18.2 Å². The number of nitrogens with zero attached hydrogens (tertiary/aromatic N) is 5. The average Bonchev–Trinajstić information content (AvgIpc) is 1.83. The van der Waals surface area contributed by atoms with Crippen LogP contribution < -0.4 is 102 Å². The number of guanidine groups is 1. The van der Waals surface area contributed by atoms with Crippen LogP contribution in [0.15, 0.2) is 17.5 Å². The molecule has 104 heavy (non-hydrogen) atoms. The summed E-state index contributed by atoms with van der Waals surface area (Å²) in [7, 11) is 3.18. The Balaban J connectivity index is 0.0000530. The van der Waals surface area contributed by atoms with Crippen LogP contribution >= 0.6 is 23.5 Å².